The number of nitrogens with zero attached hydrogens (tertiary/aromatic N) is 2. The Labute approximate surface area is 109 Å². The average Bonchev–Trinajstić information content (AvgIpc) is 3.01. The molecule has 0 saturated carbocycles. The second-order valence-corrected chi connectivity index (χ2v) is 4.34. The van der Waals surface area contributed by atoms with Gasteiger partial charge in [-0.2, -0.15) is 5.10 Å². The third-order valence-electron chi connectivity index (χ3n) is 3.08. The molecule has 0 aliphatic carbocycles. The van der Waals surface area contributed by atoms with Crippen LogP contribution in [0.25, 0.3) is 33.6 Å². The molecule has 0 radical (unpaired) electrons. The Hall–Kier alpha value is -3.16. The maximum absolute atomic E-state index is 11.7. The van der Waals surface area contributed by atoms with Crippen molar-refractivity contribution in [2.75, 3.05) is 0 Å². The van der Waals surface area contributed by atoms with Crippen LogP contribution in [0.5, 0.6) is 0 Å². The Morgan fingerprint density at radius 2 is 1.85 bits per heavy atom. The highest BCUT2D eigenvalue weighted by Gasteiger charge is 2.14. The van der Waals surface area contributed by atoms with E-state index in [0.29, 0.717) is 11.5 Å². The third-order valence-corrected chi connectivity index (χ3v) is 3.08. The van der Waals surface area contributed by atoms with E-state index in [-0.39, 0.29) is 11.2 Å². The van der Waals surface area contributed by atoms with Crippen LogP contribution in [0.15, 0.2) is 33.9 Å². The first-order valence-electron chi connectivity index (χ1n) is 5.88. The number of nitrogens with one attached hydrogen (secondary N) is 4. The number of para-hydroxylation sites is 1. The van der Waals surface area contributed by atoms with Gasteiger partial charge in [0.05, 0.1) is 5.52 Å². The molecule has 0 bridgehead atoms. The van der Waals surface area contributed by atoms with E-state index < -0.39 is 11.2 Å². The van der Waals surface area contributed by atoms with Crippen molar-refractivity contribution in [3.8, 4) is 11.5 Å². The zero-order valence-electron chi connectivity index (χ0n) is 10.0. The molecule has 8 nitrogen and oxygen atoms in total. The van der Waals surface area contributed by atoms with Gasteiger partial charge in [-0.15, -0.1) is 0 Å². The van der Waals surface area contributed by atoms with Gasteiger partial charge < -0.3 is 4.98 Å². The van der Waals surface area contributed by atoms with Crippen LogP contribution in [0.3, 0.4) is 0 Å². The van der Waals surface area contributed by atoms with Gasteiger partial charge in [-0.05, 0) is 6.07 Å². The molecule has 0 aliphatic rings. The van der Waals surface area contributed by atoms with Crippen molar-refractivity contribution in [2.45, 2.75) is 0 Å². The number of H-pyrrole nitrogens is 4. The molecule has 0 atom stereocenters. The highest BCUT2D eigenvalue weighted by Crippen LogP contribution is 2.24. The molecule has 98 valence electrons. The lowest BCUT2D eigenvalue weighted by Crippen LogP contribution is -2.21. The molecule has 4 aromatic rings. The van der Waals surface area contributed by atoms with Crippen LogP contribution >= 0.6 is 0 Å². The van der Waals surface area contributed by atoms with Gasteiger partial charge in [0.1, 0.15) is 11.2 Å². The van der Waals surface area contributed by atoms with E-state index in [1.807, 2.05) is 24.3 Å². The summed E-state index contributed by atoms with van der Waals surface area (Å²) in [5.41, 5.74) is 0.782. The lowest BCUT2D eigenvalue weighted by molar-refractivity contribution is 1.07. The molecule has 20 heavy (non-hydrogen) atoms. The summed E-state index contributed by atoms with van der Waals surface area (Å²) >= 11 is 0. The van der Waals surface area contributed by atoms with E-state index in [4.69, 9.17) is 0 Å². The second-order valence-electron chi connectivity index (χ2n) is 4.34. The van der Waals surface area contributed by atoms with Crippen LogP contribution in [0.1, 0.15) is 0 Å². The summed E-state index contributed by atoms with van der Waals surface area (Å²) in [6.07, 6.45) is 0. The first-order valence-corrected chi connectivity index (χ1v) is 5.88. The van der Waals surface area contributed by atoms with Crippen molar-refractivity contribution in [1.29, 1.82) is 0 Å². The standard InChI is InChI=1S/C12H8N6O2/c19-11-8-10(15-12(20)16-11)14-9(13-8)7-5-3-1-2-4-6(5)17-18-7/h1-4H,(H,17,18)(H3,13,14,15,16,19,20). The minimum atomic E-state index is -0.590. The van der Waals surface area contributed by atoms with Crippen LogP contribution in [0.4, 0.5) is 0 Å². The van der Waals surface area contributed by atoms with Crippen molar-refractivity contribution < 1.29 is 0 Å². The highest BCUT2D eigenvalue weighted by atomic mass is 16.2. The molecule has 3 aromatic heterocycles. The Balaban J connectivity index is 2.05. The fourth-order valence-electron chi connectivity index (χ4n) is 2.19. The Bertz CT molecular complexity index is 1050. The van der Waals surface area contributed by atoms with Gasteiger partial charge >= 0.3 is 5.69 Å². The van der Waals surface area contributed by atoms with Crippen LogP contribution in [0, 0.1) is 0 Å². The number of fused-ring (bicyclic) bond motifs is 2. The Morgan fingerprint density at radius 1 is 1.00 bits per heavy atom. The van der Waals surface area contributed by atoms with Crippen LogP contribution in [-0.2, 0) is 0 Å². The Morgan fingerprint density at radius 3 is 2.75 bits per heavy atom. The summed E-state index contributed by atoms with van der Waals surface area (Å²) in [5, 5.41) is 7.96. The number of imidazole rings is 1. The first-order chi connectivity index (χ1) is 9.72. The predicted molar refractivity (Wildman–Crippen MR) is 72.4 cm³/mol. The van der Waals surface area contributed by atoms with Crippen molar-refractivity contribution in [3.05, 3.63) is 45.1 Å². The number of hydrogen-bond donors (Lipinski definition) is 4. The number of aromatic amines is 4. The molecular weight excluding hydrogens is 260 g/mol. The molecule has 0 unspecified atom stereocenters. The van der Waals surface area contributed by atoms with E-state index in [2.05, 4.69) is 30.1 Å². The highest BCUT2D eigenvalue weighted by molar-refractivity contribution is 5.92. The monoisotopic (exact) mass is 268 g/mol. The maximum atomic E-state index is 11.7. The molecule has 3 heterocycles. The van der Waals surface area contributed by atoms with E-state index in [1.54, 1.807) is 0 Å². The summed E-state index contributed by atoms with van der Waals surface area (Å²) in [6, 6.07) is 7.57. The fraction of sp³-hybridized carbons (Fsp3) is 0. The fourth-order valence-corrected chi connectivity index (χ4v) is 2.19. The lowest BCUT2D eigenvalue weighted by atomic mass is 10.2. The smallest absolute Gasteiger partial charge is 0.327 e. The van der Waals surface area contributed by atoms with Crippen molar-refractivity contribution in [3.63, 3.8) is 0 Å². The summed E-state index contributed by atoms with van der Waals surface area (Å²) in [7, 11) is 0. The predicted octanol–water partition coefficient (Wildman–Crippen LogP) is 0.483. The third kappa shape index (κ3) is 1.41. The molecule has 4 rings (SSSR count). The minimum absolute atomic E-state index is 0.209. The quantitative estimate of drug-likeness (QED) is 0.401. The van der Waals surface area contributed by atoms with Crippen LogP contribution in [0.2, 0.25) is 0 Å². The first kappa shape index (κ1) is 10.7. The van der Waals surface area contributed by atoms with E-state index in [1.165, 1.54) is 0 Å². The molecular formula is C12H8N6O2. The van der Waals surface area contributed by atoms with Crippen molar-refractivity contribution in [1.82, 2.24) is 30.1 Å². The van der Waals surface area contributed by atoms with Gasteiger partial charge in [0.15, 0.2) is 11.5 Å². The Kier molecular flexibility index (Phi) is 1.97. The van der Waals surface area contributed by atoms with Crippen LogP contribution < -0.4 is 11.2 Å². The molecule has 0 fully saturated rings. The van der Waals surface area contributed by atoms with Crippen LogP contribution in [-0.4, -0.2) is 30.1 Å². The minimum Gasteiger partial charge on any atom is -0.331 e. The summed E-state index contributed by atoms with van der Waals surface area (Å²) in [5.74, 6) is 0.421. The number of rotatable bonds is 1. The maximum Gasteiger partial charge on any atom is 0.327 e. The lowest BCUT2D eigenvalue weighted by Gasteiger charge is -1.90. The van der Waals surface area contributed by atoms with E-state index >= 15 is 0 Å². The van der Waals surface area contributed by atoms with E-state index in [9.17, 15) is 9.59 Å². The van der Waals surface area contributed by atoms with E-state index in [0.717, 1.165) is 10.9 Å². The van der Waals surface area contributed by atoms with Gasteiger partial charge in [-0.25, -0.2) is 9.78 Å². The van der Waals surface area contributed by atoms with Crippen molar-refractivity contribution in [2.24, 2.45) is 0 Å². The van der Waals surface area contributed by atoms with Gasteiger partial charge in [-0.3, -0.25) is 19.9 Å². The number of hydrogen-bond acceptors (Lipinski definition) is 4. The molecule has 0 spiro atoms. The normalized spacial score (nSPS) is 11.4. The van der Waals surface area contributed by atoms with Gasteiger partial charge in [-0.1, -0.05) is 18.2 Å². The largest absolute Gasteiger partial charge is 0.331 e. The molecule has 0 aliphatic heterocycles. The average molecular weight is 268 g/mol. The second kappa shape index (κ2) is 3.67. The van der Waals surface area contributed by atoms with Gasteiger partial charge in [0.25, 0.3) is 5.56 Å². The molecule has 8 heteroatoms. The van der Waals surface area contributed by atoms with Gasteiger partial charge in [0.2, 0.25) is 0 Å². The summed E-state index contributed by atoms with van der Waals surface area (Å²) < 4.78 is 0. The number of benzene rings is 1. The molecule has 1 aromatic carbocycles. The summed E-state index contributed by atoms with van der Waals surface area (Å²) in [4.78, 5) is 34.6. The topological polar surface area (TPSA) is 123 Å². The SMILES string of the molecule is O=c1[nH]c(=O)c2[nH]c(-c3n[nH]c4ccccc34)nc2[nH]1. The van der Waals surface area contributed by atoms with Crippen molar-refractivity contribution >= 4 is 22.1 Å². The summed E-state index contributed by atoms with van der Waals surface area (Å²) in [6.45, 7) is 0. The molecule has 4 N–H and O–H groups in total. The molecule has 0 saturated heterocycles. The van der Waals surface area contributed by atoms with Gasteiger partial charge in [0, 0.05) is 5.39 Å². The zero-order valence-corrected chi connectivity index (χ0v) is 10.0. The number of aromatic nitrogens is 6. The zero-order chi connectivity index (χ0) is 13.7. The molecule has 0 amide bonds.